The predicted octanol–water partition coefficient (Wildman–Crippen LogP) is 4.29. The summed E-state index contributed by atoms with van der Waals surface area (Å²) in [6, 6.07) is 5.53. The third-order valence-electron chi connectivity index (χ3n) is 2.47. The molecule has 112 valence electrons. The van der Waals surface area contributed by atoms with Gasteiger partial charge in [0.15, 0.2) is 0 Å². The number of nitrogens with one attached hydrogen (secondary N) is 1. The monoisotopic (exact) mass is 369 g/mol. The fourth-order valence-corrected chi connectivity index (χ4v) is 3.49. The summed E-state index contributed by atoms with van der Waals surface area (Å²) in [5, 5.41) is 9.33. The normalized spacial score (nSPS) is 11.4. The van der Waals surface area contributed by atoms with Gasteiger partial charge in [-0.3, -0.25) is 4.72 Å². The molecule has 0 aliphatic rings. The maximum atomic E-state index is 13.1. The molecule has 0 unspecified atom stereocenters. The molecule has 0 atom stereocenters. The number of hydrogen-bond acceptors (Lipinski definition) is 3. The first kappa shape index (κ1) is 16.2. The van der Waals surface area contributed by atoms with E-state index in [1.807, 2.05) is 0 Å². The van der Waals surface area contributed by atoms with Crippen molar-refractivity contribution in [2.45, 2.75) is 4.90 Å². The number of anilines is 1. The molecule has 0 heterocycles. The zero-order valence-electron chi connectivity index (χ0n) is 10.1. The molecule has 4 nitrogen and oxygen atoms in total. The van der Waals surface area contributed by atoms with Crippen LogP contribution in [0.15, 0.2) is 35.2 Å². The molecule has 0 aliphatic heterocycles. The zero-order chi connectivity index (χ0) is 15.8. The second-order valence-corrected chi connectivity index (χ2v) is 6.87. The topological polar surface area (TPSA) is 66.4 Å². The number of aromatic hydroxyl groups is 1. The Morgan fingerprint density at radius 1 is 1.05 bits per heavy atom. The highest BCUT2D eigenvalue weighted by Gasteiger charge is 2.21. The van der Waals surface area contributed by atoms with Gasteiger partial charge in [0.2, 0.25) is 0 Å². The van der Waals surface area contributed by atoms with Crippen LogP contribution < -0.4 is 4.72 Å². The number of hydrogen-bond donors (Lipinski definition) is 2. The Morgan fingerprint density at radius 3 is 2.38 bits per heavy atom. The number of rotatable bonds is 3. The van der Waals surface area contributed by atoms with Crippen LogP contribution in [0.3, 0.4) is 0 Å². The van der Waals surface area contributed by atoms with E-state index in [-0.39, 0.29) is 25.7 Å². The second-order valence-electron chi connectivity index (χ2n) is 3.96. The lowest BCUT2D eigenvalue weighted by Gasteiger charge is -2.11. The smallest absolute Gasteiger partial charge is 0.263 e. The van der Waals surface area contributed by atoms with Crippen LogP contribution in [-0.2, 0) is 10.0 Å². The van der Waals surface area contributed by atoms with Crippen molar-refractivity contribution in [2.75, 3.05) is 4.72 Å². The first-order chi connectivity index (χ1) is 9.70. The van der Waals surface area contributed by atoms with Crippen LogP contribution in [0.2, 0.25) is 15.1 Å². The lowest BCUT2D eigenvalue weighted by molar-refractivity contribution is 0.471. The maximum Gasteiger partial charge on any atom is 0.263 e. The summed E-state index contributed by atoms with van der Waals surface area (Å²) in [6.07, 6.45) is 0. The van der Waals surface area contributed by atoms with E-state index < -0.39 is 21.6 Å². The van der Waals surface area contributed by atoms with Gasteiger partial charge in [-0.2, -0.15) is 0 Å². The Bertz CT molecular complexity index is 812. The van der Waals surface area contributed by atoms with Crippen molar-refractivity contribution in [2.24, 2.45) is 0 Å². The zero-order valence-corrected chi connectivity index (χ0v) is 13.2. The van der Waals surface area contributed by atoms with E-state index in [2.05, 4.69) is 4.72 Å². The molecule has 0 saturated carbocycles. The maximum absolute atomic E-state index is 13.1. The summed E-state index contributed by atoms with van der Waals surface area (Å²) in [5.74, 6) is -1.49. The van der Waals surface area contributed by atoms with Crippen LogP contribution in [0.5, 0.6) is 5.75 Å². The standard InChI is InChI=1S/C12H7Cl3FNO3S/c13-6-1-2-7(14)12(3-6)21(19,20)17-10-4-8(15)9(16)5-11(10)18/h1-5,17-18H. The molecule has 0 radical (unpaired) electrons. The van der Waals surface area contributed by atoms with Gasteiger partial charge in [-0.15, -0.1) is 0 Å². The molecule has 2 aromatic rings. The fraction of sp³-hybridized carbons (Fsp3) is 0. The van der Waals surface area contributed by atoms with E-state index in [4.69, 9.17) is 34.8 Å². The highest BCUT2D eigenvalue weighted by atomic mass is 35.5. The van der Waals surface area contributed by atoms with Crippen molar-refractivity contribution in [1.29, 1.82) is 0 Å². The van der Waals surface area contributed by atoms with Gasteiger partial charge >= 0.3 is 0 Å². The van der Waals surface area contributed by atoms with Crippen molar-refractivity contribution in [1.82, 2.24) is 0 Å². The van der Waals surface area contributed by atoms with Gasteiger partial charge in [0, 0.05) is 11.1 Å². The van der Waals surface area contributed by atoms with E-state index in [0.29, 0.717) is 6.07 Å². The molecule has 0 aromatic heterocycles. The van der Waals surface area contributed by atoms with Crippen molar-refractivity contribution >= 4 is 50.5 Å². The Morgan fingerprint density at radius 2 is 1.71 bits per heavy atom. The Labute approximate surface area is 135 Å². The Balaban J connectivity index is 2.47. The average Bonchev–Trinajstić information content (AvgIpc) is 2.38. The van der Waals surface area contributed by atoms with Crippen molar-refractivity contribution in [3.05, 3.63) is 51.2 Å². The fourth-order valence-electron chi connectivity index (χ4n) is 1.50. The summed E-state index contributed by atoms with van der Waals surface area (Å²) in [7, 11) is -4.13. The molecule has 21 heavy (non-hydrogen) atoms. The molecule has 9 heteroatoms. The summed E-state index contributed by atoms with van der Waals surface area (Å²) < 4.78 is 39.6. The van der Waals surface area contributed by atoms with Crippen LogP contribution in [0.4, 0.5) is 10.1 Å². The van der Waals surface area contributed by atoms with Crippen LogP contribution in [-0.4, -0.2) is 13.5 Å². The van der Waals surface area contributed by atoms with E-state index in [1.165, 1.54) is 12.1 Å². The molecule has 2 N–H and O–H groups in total. The van der Waals surface area contributed by atoms with Gasteiger partial charge in [-0.05, 0) is 24.3 Å². The molecule has 0 amide bonds. The minimum atomic E-state index is -4.13. The predicted molar refractivity (Wildman–Crippen MR) is 80.3 cm³/mol. The molecule has 2 aromatic carbocycles. The first-order valence-corrected chi connectivity index (χ1v) is 7.98. The molecule has 0 aliphatic carbocycles. The van der Waals surface area contributed by atoms with Crippen molar-refractivity contribution < 1.29 is 17.9 Å². The molecule has 0 saturated heterocycles. The van der Waals surface area contributed by atoms with E-state index >= 15 is 0 Å². The number of phenolic OH excluding ortho intramolecular Hbond substituents is 1. The third-order valence-corrected chi connectivity index (χ3v) is 4.84. The molecule has 0 bridgehead atoms. The SMILES string of the molecule is O=S(=O)(Nc1cc(Cl)c(F)cc1O)c1cc(Cl)ccc1Cl. The largest absolute Gasteiger partial charge is 0.506 e. The van der Waals surface area contributed by atoms with Gasteiger partial charge in [-0.1, -0.05) is 34.8 Å². The van der Waals surface area contributed by atoms with E-state index in [9.17, 15) is 17.9 Å². The molecular weight excluding hydrogens is 364 g/mol. The number of halogens is 4. The molecular formula is C12H7Cl3FNO3S. The molecule has 2 rings (SSSR count). The van der Waals surface area contributed by atoms with Gasteiger partial charge < -0.3 is 5.11 Å². The lowest BCUT2D eigenvalue weighted by atomic mass is 10.3. The average molecular weight is 371 g/mol. The highest BCUT2D eigenvalue weighted by molar-refractivity contribution is 7.92. The number of sulfonamides is 1. The van der Waals surface area contributed by atoms with Gasteiger partial charge in [0.25, 0.3) is 10.0 Å². The minimum Gasteiger partial charge on any atom is -0.506 e. The van der Waals surface area contributed by atoms with Gasteiger partial charge in [-0.25, -0.2) is 12.8 Å². The Hall–Kier alpha value is -1.21. The van der Waals surface area contributed by atoms with Crippen LogP contribution in [0.25, 0.3) is 0 Å². The quantitative estimate of drug-likeness (QED) is 0.792. The number of benzene rings is 2. The molecule has 0 fully saturated rings. The van der Waals surface area contributed by atoms with Crippen molar-refractivity contribution in [3.63, 3.8) is 0 Å². The summed E-state index contributed by atoms with van der Waals surface area (Å²) in [6.45, 7) is 0. The summed E-state index contributed by atoms with van der Waals surface area (Å²) in [4.78, 5) is -0.281. The van der Waals surface area contributed by atoms with E-state index in [0.717, 1.165) is 12.1 Å². The number of phenols is 1. The molecule has 0 spiro atoms. The third kappa shape index (κ3) is 3.52. The van der Waals surface area contributed by atoms with E-state index in [1.54, 1.807) is 0 Å². The van der Waals surface area contributed by atoms with Crippen LogP contribution in [0, 0.1) is 5.82 Å². The summed E-state index contributed by atoms with van der Waals surface area (Å²) >= 11 is 17.1. The minimum absolute atomic E-state index is 0.0559. The lowest BCUT2D eigenvalue weighted by Crippen LogP contribution is -2.13. The highest BCUT2D eigenvalue weighted by Crippen LogP contribution is 2.33. The van der Waals surface area contributed by atoms with Crippen molar-refractivity contribution in [3.8, 4) is 5.75 Å². The van der Waals surface area contributed by atoms with Gasteiger partial charge in [0.1, 0.15) is 16.5 Å². The Kier molecular flexibility index (Phi) is 4.53. The van der Waals surface area contributed by atoms with Crippen LogP contribution in [0.1, 0.15) is 0 Å². The second kappa shape index (κ2) is 5.88. The van der Waals surface area contributed by atoms with Gasteiger partial charge in [0.05, 0.1) is 15.7 Å². The first-order valence-electron chi connectivity index (χ1n) is 5.36. The van der Waals surface area contributed by atoms with Crippen LogP contribution >= 0.6 is 34.8 Å². The summed E-state index contributed by atoms with van der Waals surface area (Å²) in [5.41, 5.74) is -0.280.